The third-order valence-electron chi connectivity index (χ3n) is 6.21. The molecule has 0 radical (unpaired) electrons. The molecule has 5 unspecified atom stereocenters. The lowest BCUT2D eigenvalue weighted by molar-refractivity contribution is -0.00705. The molecule has 5 atom stereocenters. The quantitative estimate of drug-likeness (QED) is 0.850. The lowest BCUT2D eigenvalue weighted by atomic mass is 9.62. The number of methoxy groups -OCH3 is 1. The molecule has 1 N–H and O–H groups in total. The summed E-state index contributed by atoms with van der Waals surface area (Å²) in [5, 5.41) is 10.9. The van der Waals surface area contributed by atoms with Crippen LogP contribution in [0.1, 0.15) is 30.4 Å². The summed E-state index contributed by atoms with van der Waals surface area (Å²) in [6.07, 6.45) is 2.98. The van der Waals surface area contributed by atoms with Gasteiger partial charge in [-0.05, 0) is 42.5 Å². The molecular weight excluding hydrogens is 282 g/mol. The van der Waals surface area contributed by atoms with Gasteiger partial charge in [0.2, 0.25) is 6.79 Å². The molecule has 5 heteroatoms. The van der Waals surface area contributed by atoms with E-state index >= 15 is 0 Å². The van der Waals surface area contributed by atoms with E-state index in [1.54, 1.807) is 7.11 Å². The normalized spacial score (nSPS) is 41.2. The molecule has 22 heavy (non-hydrogen) atoms. The van der Waals surface area contributed by atoms with Crippen LogP contribution in [-0.4, -0.2) is 48.7 Å². The summed E-state index contributed by atoms with van der Waals surface area (Å²) in [6, 6.07) is 4.61. The molecule has 0 aromatic heterocycles. The van der Waals surface area contributed by atoms with Gasteiger partial charge < -0.3 is 19.3 Å². The molecule has 0 amide bonds. The molecule has 3 aliphatic heterocycles. The van der Waals surface area contributed by atoms with Gasteiger partial charge in [0.05, 0.1) is 12.2 Å². The molecule has 3 heterocycles. The second-order valence-corrected chi connectivity index (χ2v) is 7.00. The zero-order valence-corrected chi connectivity index (χ0v) is 12.7. The van der Waals surface area contributed by atoms with Crippen LogP contribution in [-0.2, 0) is 16.7 Å². The van der Waals surface area contributed by atoms with Crippen molar-refractivity contribution in [2.45, 2.75) is 49.5 Å². The predicted molar refractivity (Wildman–Crippen MR) is 79.1 cm³/mol. The van der Waals surface area contributed by atoms with Crippen LogP contribution >= 0.6 is 0 Å². The highest BCUT2D eigenvalue weighted by Crippen LogP contribution is 2.55. The van der Waals surface area contributed by atoms with E-state index in [9.17, 15) is 5.11 Å². The Labute approximate surface area is 129 Å². The van der Waals surface area contributed by atoms with Crippen LogP contribution in [0.5, 0.6) is 11.5 Å². The second-order valence-electron chi connectivity index (χ2n) is 7.00. The lowest BCUT2D eigenvalue weighted by Gasteiger charge is -2.49. The SMILES string of the molecule is COC1CCC23c4cc5c(cc4CN(CC2O)C3C1)OCO5. The fraction of sp³-hybridized carbons (Fsp3) is 0.647. The van der Waals surface area contributed by atoms with Crippen molar-refractivity contribution in [1.82, 2.24) is 4.90 Å². The molecule has 118 valence electrons. The van der Waals surface area contributed by atoms with Crippen LogP contribution in [0.25, 0.3) is 0 Å². The van der Waals surface area contributed by atoms with E-state index in [1.807, 2.05) is 0 Å². The van der Waals surface area contributed by atoms with Crippen molar-refractivity contribution in [1.29, 1.82) is 0 Å². The summed E-state index contributed by atoms with van der Waals surface area (Å²) in [6.45, 7) is 1.93. The first kappa shape index (κ1) is 13.2. The number of nitrogens with zero attached hydrogens (tertiary/aromatic N) is 1. The number of hydrogen-bond donors (Lipinski definition) is 1. The van der Waals surface area contributed by atoms with Crippen molar-refractivity contribution in [2.24, 2.45) is 0 Å². The summed E-state index contributed by atoms with van der Waals surface area (Å²) in [7, 11) is 1.80. The number of aliphatic hydroxyl groups excluding tert-OH is 1. The third kappa shape index (κ3) is 1.49. The van der Waals surface area contributed by atoms with Gasteiger partial charge in [-0.2, -0.15) is 0 Å². The maximum absolute atomic E-state index is 10.9. The Morgan fingerprint density at radius 1 is 1.32 bits per heavy atom. The molecule has 1 aromatic rings. The molecule has 1 aromatic carbocycles. The van der Waals surface area contributed by atoms with E-state index in [1.165, 1.54) is 11.1 Å². The van der Waals surface area contributed by atoms with E-state index in [0.717, 1.165) is 43.9 Å². The average molecular weight is 303 g/mol. The first-order valence-electron chi connectivity index (χ1n) is 8.10. The number of benzene rings is 1. The largest absolute Gasteiger partial charge is 0.454 e. The Morgan fingerprint density at radius 3 is 2.95 bits per heavy atom. The zero-order chi connectivity index (χ0) is 14.9. The van der Waals surface area contributed by atoms with E-state index in [-0.39, 0.29) is 11.5 Å². The molecule has 1 saturated heterocycles. The smallest absolute Gasteiger partial charge is 0.231 e. The van der Waals surface area contributed by atoms with Crippen LogP contribution in [0.4, 0.5) is 0 Å². The first-order chi connectivity index (χ1) is 10.7. The van der Waals surface area contributed by atoms with Crippen LogP contribution in [0, 0.1) is 0 Å². The molecular formula is C17H21NO4. The Bertz CT molecular complexity index is 633. The summed E-state index contributed by atoms with van der Waals surface area (Å²) in [5.41, 5.74) is 2.40. The third-order valence-corrected chi connectivity index (χ3v) is 6.21. The lowest BCUT2D eigenvalue weighted by Crippen LogP contribution is -2.54. The van der Waals surface area contributed by atoms with Crippen LogP contribution < -0.4 is 9.47 Å². The van der Waals surface area contributed by atoms with Gasteiger partial charge in [-0.25, -0.2) is 0 Å². The zero-order valence-electron chi connectivity index (χ0n) is 12.7. The highest BCUT2D eigenvalue weighted by Gasteiger charge is 2.60. The van der Waals surface area contributed by atoms with Crippen LogP contribution in [0.2, 0.25) is 0 Å². The highest BCUT2D eigenvalue weighted by molar-refractivity contribution is 5.54. The first-order valence-corrected chi connectivity index (χ1v) is 8.10. The van der Waals surface area contributed by atoms with Crippen molar-refractivity contribution in [3.63, 3.8) is 0 Å². The monoisotopic (exact) mass is 303 g/mol. The number of hydrogen-bond acceptors (Lipinski definition) is 5. The van der Waals surface area contributed by atoms with Crippen molar-refractivity contribution >= 4 is 0 Å². The summed E-state index contributed by atoms with van der Waals surface area (Å²) in [4.78, 5) is 2.43. The highest BCUT2D eigenvalue weighted by atomic mass is 16.7. The molecule has 1 aliphatic carbocycles. The van der Waals surface area contributed by atoms with E-state index in [4.69, 9.17) is 14.2 Å². The standard InChI is InChI=1S/C17H21NO4/c1-20-11-2-3-17-12-6-14-13(21-9-22-14)4-10(12)7-18(8-16(17)19)15(17)5-11/h4,6,11,15-16,19H,2-3,5,7-9H2,1H3. The number of ether oxygens (including phenoxy) is 3. The van der Waals surface area contributed by atoms with Crippen molar-refractivity contribution in [3.05, 3.63) is 23.3 Å². The topological polar surface area (TPSA) is 51.2 Å². The van der Waals surface area contributed by atoms with Gasteiger partial charge >= 0.3 is 0 Å². The molecule has 0 spiro atoms. The van der Waals surface area contributed by atoms with Crippen molar-refractivity contribution < 1.29 is 19.3 Å². The van der Waals surface area contributed by atoms with Crippen LogP contribution in [0.3, 0.4) is 0 Å². The second kappa shape index (κ2) is 4.37. The fourth-order valence-corrected chi connectivity index (χ4v) is 5.17. The molecule has 5 rings (SSSR count). The number of aliphatic hydroxyl groups is 1. The van der Waals surface area contributed by atoms with Gasteiger partial charge in [0.1, 0.15) is 0 Å². The maximum atomic E-state index is 10.9. The van der Waals surface area contributed by atoms with Gasteiger partial charge in [-0.1, -0.05) is 0 Å². The fourth-order valence-electron chi connectivity index (χ4n) is 5.17. The maximum Gasteiger partial charge on any atom is 0.231 e. The van der Waals surface area contributed by atoms with Crippen molar-refractivity contribution in [2.75, 3.05) is 20.4 Å². The Hall–Kier alpha value is -1.30. The van der Waals surface area contributed by atoms with Crippen LogP contribution in [0.15, 0.2) is 12.1 Å². The van der Waals surface area contributed by atoms with Crippen molar-refractivity contribution in [3.8, 4) is 11.5 Å². The van der Waals surface area contributed by atoms with E-state index < -0.39 is 0 Å². The number of rotatable bonds is 1. The molecule has 1 saturated carbocycles. The Kier molecular flexibility index (Phi) is 2.62. The summed E-state index contributed by atoms with van der Waals surface area (Å²) in [5.74, 6) is 1.67. The molecule has 2 bridgehead atoms. The predicted octanol–water partition coefficient (Wildman–Crippen LogP) is 1.41. The average Bonchev–Trinajstić information content (AvgIpc) is 3.06. The van der Waals surface area contributed by atoms with Gasteiger partial charge in [0.15, 0.2) is 11.5 Å². The molecule has 2 fully saturated rings. The van der Waals surface area contributed by atoms with Gasteiger partial charge in [0.25, 0.3) is 0 Å². The van der Waals surface area contributed by atoms with Gasteiger partial charge in [-0.3, -0.25) is 4.90 Å². The number of fused-ring (bicyclic) bond motifs is 2. The van der Waals surface area contributed by atoms with E-state index in [2.05, 4.69) is 17.0 Å². The Balaban J connectivity index is 1.66. The van der Waals surface area contributed by atoms with Gasteiger partial charge in [-0.15, -0.1) is 0 Å². The minimum absolute atomic E-state index is 0.163. The summed E-state index contributed by atoms with van der Waals surface area (Å²) < 4.78 is 16.7. The Morgan fingerprint density at radius 2 is 2.14 bits per heavy atom. The van der Waals surface area contributed by atoms with Gasteiger partial charge in [0, 0.05) is 31.7 Å². The minimum atomic E-state index is -0.308. The summed E-state index contributed by atoms with van der Waals surface area (Å²) >= 11 is 0. The van der Waals surface area contributed by atoms with E-state index in [0.29, 0.717) is 18.9 Å². The molecule has 4 aliphatic rings. The minimum Gasteiger partial charge on any atom is -0.454 e. The molecule has 5 nitrogen and oxygen atoms in total.